The summed E-state index contributed by atoms with van der Waals surface area (Å²) in [5.74, 6) is -1.52. The van der Waals surface area contributed by atoms with Gasteiger partial charge in [0.15, 0.2) is 5.75 Å². The highest BCUT2D eigenvalue weighted by atomic mass is 16.4. The zero-order chi connectivity index (χ0) is 16.9. The summed E-state index contributed by atoms with van der Waals surface area (Å²) < 4.78 is 1.37. The van der Waals surface area contributed by atoms with Crippen LogP contribution in [-0.2, 0) is 17.9 Å². The summed E-state index contributed by atoms with van der Waals surface area (Å²) in [6.07, 6.45) is 0.274. The Morgan fingerprint density at radius 2 is 1.91 bits per heavy atom. The van der Waals surface area contributed by atoms with Gasteiger partial charge in [0.1, 0.15) is 6.04 Å². The van der Waals surface area contributed by atoms with Crippen LogP contribution >= 0.6 is 0 Å². The molecule has 0 spiro atoms. The van der Waals surface area contributed by atoms with E-state index < -0.39 is 29.8 Å². The molecule has 0 fully saturated rings. The largest absolute Gasteiger partial charge is 0.503 e. The number of rotatable bonds is 8. The first-order chi connectivity index (χ1) is 10.4. The van der Waals surface area contributed by atoms with E-state index in [4.69, 9.17) is 0 Å². The predicted octanol–water partition coefficient (Wildman–Crippen LogP) is 0.924. The number of carboxylic acids is 1. The number of nitrogens with zero attached hydrogens (tertiary/aromatic N) is 2. The van der Waals surface area contributed by atoms with Gasteiger partial charge in [-0.25, -0.2) is 4.79 Å². The Morgan fingerprint density at radius 3 is 2.32 bits per heavy atom. The Balaban J connectivity index is 3.58. The lowest BCUT2D eigenvalue weighted by Crippen LogP contribution is -2.31. The van der Waals surface area contributed by atoms with Crippen LogP contribution in [0.3, 0.4) is 0 Å². The highest BCUT2D eigenvalue weighted by molar-refractivity contribution is 5.72. The first-order valence-corrected chi connectivity index (χ1v) is 7.43. The van der Waals surface area contributed by atoms with E-state index in [9.17, 15) is 24.9 Å². The Morgan fingerprint density at radius 1 is 1.32 bits per heavy atom. The van der Waals surface area contributed by atoms with Gasteiger partial charge in [0.05, 0.1) is 12.3 Å². The average Bonchev–Trinajstić information content (AvgIpc) is 2.50. The number of aliphatic carboxylic acids is 1. The van der Waals surface area contributed by atoms with Crippen molar-refractivity contribution in [1.82, 2.24) is 9.47 Å². The smallest absolute Gasteiger partial charge is 0.326 e. The Bertz CT molecular complexity index is 578. The van der Waals surface area contributed by atoms with Crippen LogP contribution in [0.2, 0.25) is 0 Å². The lowest BCUT2D eigenvalue weighted by Gasteiger charge is -2.27. The molecule has 3 N–H and O–H groups in total. The van der Waals surface area contributed by atoms with Gasteiger partial charge in [-0.1, -0.05) is 20.8 Å². The zero-order valence-corrected chi connectivity index (χ0v) is 13.2. The van der Waals surface area contributed by atoms with Gasteiger partial charge in [0.2, 0.25) is 5.43 Å². The van der Waals surface area contributed by atoms with Crippen molar-refractivity contribution in [2.45, 2.75) is 46.4 Å². The number of aromatic hydroxyl groups is 1. The molecule has 1 aromatic heterocycles. The number of aromatic nitrogens is 1. The minimum Gasteiger partial charge on any atom is -0.503 e. The minimum atomic E-state index is -1.07. The fourth-order valence-electron chi connectivity index (χ4n) is 2.51. The minimum absolute atomic E-state index is 0.194. The molecular weight excluding hydrogens is 288 g/mol. The third-order valence-corrected chi connectivity index (χ3v) is 3.82. The zero-order valence-electron chi connectivity index (χ0n) is 13.2. The molecule has 1 unspecified atom stereocenters. The van der Waals surface area contributed by atoms with Gasteiger partial charge in [-0.15, -0.1) is 0 Å². The van der Waals surface area contributed by atoms with E-state index in [-0.39, 0.29) is 24.4 Å². The molecule has 1 atom stereocenters. The van der Waals surface area contributed by atoms with Crippen LogP contribution in [0.5, 0.6) is 5.75 Å². The second kappa shape index (κ2) is 7.95. The van der Waals surface area contributed by atoms with Crippen LogP contribution < -0.4 is 5.43 Å². The number of pyridine rings is 1. The lowest BCUT2D eigenvalue weighted by molar-refractivity contribution is -0.141. The summed E-state index contributed by atoms with van der Waals surface area (Å²) in [6, 6.07) is 0.145. The molecule has 0 amide bonds. The number of hydrogen-bond donors (Lipinski definition) is 3. The van der Waals surface area contributed by atoms with Crippen LogP contribution in [0.15, 0.2) is 10.9 Å². The number of aliphatic hydroxyl groups is 1. The van der Waals surface area contributed by atoms with E-state index in [1.807, 2.05) is 18.7 Å². The van der Waals surface area contributed by atoms with Crippen LogP contribution in [0.1, 0.15) is 44.6 Å². The second-order valence-electron chi connectivity index (χ2n) is 5.05. The average molecular weight is 312 g/mol. The highest BCUT2D eigenvalue weighted by Gasteiger charge is 2.25. The molecule has 0 aliphatic heterocycles. The van der Waals surface area contributed by atoms with Gasteiger partial charge in [0.25, 0.3) is 0 Å². The number of aliphatic hydroxyl groups excluding tert-OH is 1. The molecule has 7 heteroatoms. The molecule has 22 heavy (non-hydrogen) atoms. The molecule has 1 heterocycles. The van der Waals surface area contributed by atoms with Crippen molar-refractivity contribution in [3.05, 3.63) is 27.7 Å². The topological polar surface area (TPSA) is 103 Å². The van der Waals surface area contributed by atoms with Gasteiger partial charge < -0.3 is 19.9 Å². The molecule has 0 aliphatic rings. The van der Waals surface area contributed by atoms with E-state index in [0.717, 1.165) is 6.07 Å². The van der Waals surface area contributed by atoms with E-state index in [0.29, 0.717) is 13.1 Å². The molecule has 1 aromatic rings. The number of carbonyl (C=O) groups is 1. The Kier molecular flexibility index (Phi) is 6.58. The van der Waals surface area contributed by atoms with Crippen LogP contribution in [0.4, 0.5) is 0 Å². The lowest BCUT2D eigenvalue weighted by atomic mass is 10.1. The molecule has 0 aromatic carbocycles. The summed E-state index contributed by atoms with van der Waals surface area (Å²) in [5, 5.41) is 29.0. The van der Waals surface area contributed by atoms with Crippen molar-refractivity contribution in [2.24, 2.45) is 0 Å². The third-order valence-electron chi connectivity index (χ3n) is 3.82. The monoisotopic (exact) mass is 312 g/mol. The van der Waals surface area contributed by atoms with Crippen LogP contribution in [0, 0.1) is 0 Å². The van der Waals surface area contributed by atoms with Gasteiger partial charge in [-0.3, -0.25) is 9.69 Å². The maximum absolute atomic E-state index is 11.9. The molecule has 0 bridgehead atoms. The fraction of sp³-hybridized carbons (Fsp3) is 0.600. The molecule has 7 nitrogen and oxygen atoms in total. The first kappa shape index (κ1) is 18.2. The summed E-state index contributed by atoms with van der Waals surface area (Å²) in [4.78, 5) is 25.3. The summed E-state index contributed by atoms with van der Waals surface area (Å²) in [6.45, 7) is 6.74. The van der Waals surface area contributed by atoms with Gasteiger partial charge in [0, 0.05) is 18.3 Å². The Labute approximate surface area is 129 Å². The van der Waals surface area contributed by atoms with Gasteiger partial charge >= 0.3 is 5.97 Å². The highest BCUT2D eigenvalue weighted by Crippen LogP contribution is 2.24. The number of hydrogen-bond acceptors (Lipinski definition) is 5. The second-order valence-corrected chi connectivity index (χ2v) is 5.05. The third kappa shape index (κ3) is 3.66. The number of carboxylic acid groups (broad SMARTS) is 1. The van der Waals surface area contributed by atoms with E-state index in [2.05, 4.69) is 0 Å². The van der Waals surface area contributed by atoms with Crippen LogP contribution in [-0.4, -0.2) is 43.8 Å². The van der Waals surface area contributed by atoms with Crippen molar-refractivity contribution in [3.63, 3.8) is 0 Å². The molecular formula is C15H24N2O5. The van der Waals surface area contributed by atoms with Crippen molar-refractivity contribution in [1.29, 1.82) is 0 Å². The van der Waals surface area contributed by atoms with Gasteiger partial charge in [-0.05, 0) is 19.5 Å². The summed E-state index contributed by atoms with van der Waals surface area (Å²) >= 11 is 0. The molecule has 124 valence electrons. The van der Waals surface area contributed by atoms with Crippen molar-refractivity contribution < 1.29 is 20.1 Å². The fourth-order valence-corrected chi connectivity index (χ4v) is 2.51. The predicted molar refractivity (Wildman–Crippen MR) is 81.9 cm³/mol. The maximum atomic E-state index is 11.9. The van der Waals surface area contributed by atoms with Crippen LogP contribution in [0.25, 0.3) is 0 Å². The Hall–Kier alpha value is -1.86. The molecule has 0 aliphatic carbocycles. The standard InChI is InChI=1S/C15H24N2O5/c1-4-11(15(21)22)17-10(9-18)7-13(19)14(20)12(17)8-16(5-2)6-3/h7,11,18,20H,4-6,8-9H2,1-3H3,(H,21,22). The van der Waals surface area contributed by atoms with Crippen molar-refractivity contribution in [2.75, 3.05) is 13.1 Å². The first-order valence-electron chi connectivity index (χ1n) is 7.43. The van der Waals surface area contributed by atoms with Gasteiger partial charge in [-0.2, -0.15) is 0 Å². The van der Waals surface area contributed by atoms with E-state index >= 15 is 0 Å². The summed E-state index contributed by atoms with van der Waals surface area (Å²) in [7, 11) is 0. The molecule has 1 rings (SSSR count). The summed E-state index contributed by atoms with van der Waals surface area (Å²) in [5.41, 5.74) is -0.184. The SMILES string of the molecule is CCC(C(=O)O)n1c(CO)cc(=O)c(O)c1CN(CC)CC. The molecule has 0 saturated carbocycles. The van der Waals surface area contributed by atoms with Crippen molar-refractivity contribution in [3.8, 4) is 5.75 Å². The maximum Gasteiger partial charge on any atom is 0.326 e. The van der Waals surface area contributed by atoms with E-state index in [1.165, 1.54) is 4.57 Å². The normalized spacial score (nSPS) is 12.6. The molecule has 0 radical (unpaired) electrons. The molecule has 0 saturated heterocycles. The quantitative estimate of drug-likeness (QED) is 0.659. The van der Waals surface area contributed by atoms with E-state index in [1.54, 1.807) is 6.92 Å². The van der Waals surface area contributed by atoms with Crippen molar-refractivity contribution >= 4 is 5.97 Å².